The fourth-order valence-electron chi connectivity index (χ4n) is 2.77. The van der Waals surface area contributed by atoms with Crippen LogP contribution in [0.3, 0.4) is 0 Å². The summed E-state index contributed by atoms with van der Waals surface area (Å²) < 4.78 is 11.1. The summed E-state index contributed by atoms with van der Waals surface area (Å²) in [6.07, 6.45) is 3.06. The van der Waals surface area contributed by atoms with E-state index in [1.54, 1.807) is 0 Å². The van der Waals surface area contributed by atoms with E-state index in [-0.39, 0.29) is 29.5 Å². The van der Waals surface area contributed by atoms with Crippen LogP contribution in [0.15, 0.2) is 4.99 Å². The van der Waals surface area contributed by atoms with Gasteiger partial charge in [0.1, 0.15) is 0 Å². The summed E-state index contributed by atoms with van der Waals surface area (Å²) in [5.74, 6) is 1.49. The van der Waals surface area contributed by atoms with Crippen LogP contribution in [0.4, 0.5) is 0 Å². The van der Waals surface area contributed by atoms with Crippen molar-refractivity contribution in [2.75, 3.05) is 60.2 Å². The molecular formula is C18H39IN4O2. The summed E-state index contributed by atoms with van der Waals surface area (Å²) in [6.45, 7) is 12.3. The molecule has 2 N–H and O–H groups in total. The third-order valence-electron chi connectivity index (χ3n) is 4.46. The van der Waals surface area contributed by atoms with Crippen LogP contribution >= 0.6 is 24.0 Å². The van der Waals surface area contributed by atoms with Crippen molar-refractivity contribution >= 4 is 29.9 Å². The summed E-state index contributed by atoms with van der Waals surface area (Å²) in [5, 5.41) is 6.75. The minimum Gasteiger partial charge on any atom is -0.381 e. The van der Waals surface area contributed by atoms with Gasteiger partial charge in [0.05, 0.1) is 6.54 Å². The summed E-state index contributed by atoms with van der Waals surface area (Å²) in [7, 11) is 4.29. The van der Waals surface area contributed by atoms with Crippen LogP contribution in [0.1, 0.15) is 40.0 Å². The van der Waals surface area contributed by atoms with Gasteiger partial charge in [0, 0.05) is 45.1 Å². The molecule has 0 spiro atoms. The molecule has 6 nitrogen and oxygen atoms in total. The molecule has 1 aliphatic heterocycles. The fourth-order valence-corrected chi connectivity index (χ4v) is 2.77. The zero-order valence-corrected chi connectivity index (χ0v) is 19.1. The van der Waals surface area contributed by atoms with Gasteiger partial charge in [-0.05, 0) is 46.2 Å². The third kappa shape index (κ3) is 9.96. The molecule has 1 heterocycles. The average Bonchev–Trinajstić information content (AvgIpc) is 2.56. The van der Waals surface area contributed by atoms with E-state index in [9.17, 15) is 0 Å². The Morgan fingerprint density at radius 2 is 1.92 bits per heavy atom. The second kappa shape index (κ2) is 14.0. The molecule has 25 heavy (non-hydrogen) atoms. The molecule has 7 heteroatoms. The van der Waals surface area contributed by atoms with E-state index >= 15 is 0 Å². The number of likely N-dealkylation sites (N-methyl/N-ethyl adjacent to an activating group) is 1. The Hall–Kier alpha value is -0.120. The Bertz CT molecular complexity index is 359. The zero-order chi connectivity index (χ0) is 17.8. The first-order valence-electron chi connectivity index (χ1n) is 9.35. The Morgan fingerprint density at radius 1 is 1.24 bits per heavy atom. The maximum absolute atomic E-state index is 5.62. The van der Waals surface area contributed by atoms with Gasteiger partial charge in [-0.1, -0.05) is 13.8 Å². The molecule has 0 aromatic heterocycles. The van der Waals surface area contributed by atoms with Crippen molar-refractivity contribution < 1.29 is 9.47 Å². The molecule has 150 valence electrons. The molecule has 0 unspecified atom stereocenters. The van der Waals surface area contributed by atoms with Crippen LogP contribution < -0.4 is 10.6 Å². The van der Waals surface area contributed by atoms with Gasteiger partial charge in [-0.3, -0.25) is 4.99 Å². The Labute approximate surface area is 171 Å². The Balaban J connectivity index is 0.00000576. The highest BCUT2D eigenvalue weighted by Gasteiger charge is 2.34. The van der Waals surface area contributed by atoms with E-state index in [1.165, 1.54) is 0 Å². The lowest BCUT2D eigenvalue weighted by molar-refractivity contribution is -0.00254. The number of hydrogen-bond donors (Lipinski definition) is 2. The van der Waals surface area contributed by atoms with Crippen LogP contribution in [0, 0.1) is 5.92 Å². The minimum absolute atomic E-state index is 0. The summed E-state index contributed by atoms with van der Waals surface area (Å²) >= 11 is 0. The van der Waals surface area contributed by atoms with E-state index in [0.717, 1.165) is 71.3 Å². The number of halogens is 1. The predicted octanol–water partition coefficient (Wildman–Crippen LogP) is 2.33. The standard InChI is InChI=1S/C18H38N4O2.HI/c1-6-19-17(20-10-7-11-24-14-16(2)3)21-15-18(22(4)5)8-12-23-13-9-18;/h16H,6-15H2,1-5H3,(H2,19,20,21);1H. The monoisotopic (exact) mass is 470 g/mol. The van der Waals surface area contributed by atoms with Gasteiger partial charge in [0.25, 0.3) is 0 Å². The minimum atomic E-state index is 0. The van der Waals surface area contributed by atoms with Gasteiger partial charge in [-0.25, -0.2) is 0 Å². The van der Waals surface area contributed by atoms with E-state index < -0.39 is 0 Å². The van der Waals surface area contributed by atoms with Gasteiger partial charge in [-0.2, -0.15) is 0 Å². The lowest BCUT2D eigenvalue weighted by Crippen LogP contribution is -2.51. The highest BCUT2D eigenvalue weighted by atomic mass is 127. The highest BCUT2D eigenvalue weighted by Crippen LogP contribution is 2.26. The number of nitrogens with zero attached hydrogens (tertiary/aromatic N) is 2. The van der Waals surface area contributed by atoms with Gasteiger partial charge >= 0.3 is 0 Å². The number of nitrogens with one attached hydrogen (secondary N) is 2. The summed E-state index contributed by atoms with van der Waals surface area (Å²) in [4.78, 5) is 7.14. The number of ether oxygens (including phenoxy) is 2. The SMILES string of the molecule is CCNC(=NCC1(N(C)C)CCOCC1)NCCCOCC(C)C.I. The molecule has 0 amide bonds. The van der Waals surface area contributed by atoms with Crippen molar-refractivity contribution in [3.05, 3.63) is 0 Å². The third-order valence-corrected chi connectivity index (χ3v) is 4.46. The molecule has 1 aliphatic rings. The molecule has 0 atom stereocenters. The number of hydrogen-bond acceptors (Lipinski definition) is 4. The van der Waals surface area contributed by atoms with Crippen molar-refractivity contribution in [1.29, 1.82) is 0 Å². The van der Waals surface area contributed by atoms with E-state index in [0.29, 0.717) is 5.92 Å². The molecule has 0 saturated carbocycles. The first-order valence-corrected chi connectivity index (χ1v) is 9.35. The topological polar surface area (TPSA) is 58.1 Å². The maximum atomic E-state index is 5.62. The van der Waals surface area contributed by atoms with Crippen molar-refractivity contribution in [3.63, 3.8) is 0 Å². The number of rotatable bonds is 10. The quantitative estimate of drug-likeness (QED) is 0.222. The van der Waals surface area contributed by atoms with Gasteiger partial charge in [0.2, 0.25) is 0 Å². The normalized spacial score (nSPS) is 17.5. The van der Waals surface area contributed by atoms with Gasteiger partial charge in [-0.15, -0.1) is 24.0 Å². The largest absolute Gasteiger partial charge is 0.381 e. The molecule has 0 bridgehead atoms. The summed E-state index contributed by atoms with van der Waals surface area (Å²) in [5.41, 5.74) is 0.112. The number of guanidine groups is 1. The second-order valence-electron chi connectivity index (χ2n) is 7.18. The molecule has 1 fully saturated rings. The van der Waals surface area contributed by atoms with Crippen LogP contribution in [0.2, 0.25) is 0 Å². The van der Waals surface area contributed by atoms with Crippen molar-refractivity contribution in [2.45, 2.75) is 45.6 Å². The van der Waals surface area contributed by atoms with Crippen LogP contribution in [-0.2, 0) is 9.47 Å². The van der Waals surface area contributed by atoms with Gasteiger partial charge < -0.3 is 25.0 Å². The molecule has 0 radical (unpaired) electrons. The Morgan fingerprint density at radius 3 is 2.48 bits per heavy atom. The number of aliphatic imine (C=N–C) groups is 1. The van der Waals surface area contributed by atoms with Crippen LogP contribution in [0.25, 0.3) is 0 Å². The van der Waals surface area contributed by atoms with Gasteiger partial charge in [0.15, 0.2) is 5.96 Å². The lowest BCUT2D eigenvalue weighted by Gasteiger charge is -2.41. The maximum Gasteiger partial charge on any atom is 0.191 e. The first kappa shape index (κ1) is 24.9. The molecule has 1 saturated heterocycles. The molecule has 0 aromatic rings. The fraction of sp³-hybridized carbons (Fsp3) is 0.944. The highest BCUT2D eigenvalue weighted by molar-refractivity contribution is 14.0. The lowest BCUT2D eigenvalue weighted by atomic mass is 9.89. The first-order chi connectivity index (χ1) is 11.5. The van der Waals surface area contributed by atoms with Crippen molar-refractivity contribution in [3.8, 4) is 0 Å². The smallest absolute Gasteiger partial charge is 0.191 e. The average molecular weight is 470 g/mol. The molecule has 0 aromatic carbocycles. The van der Waals surface area contributed by atoms with Crippen LogP contribution in [-0.4, -0.2) is 76.6 Å². The van der Waals surface area contributed by atoms with E-state index in [1.807, 2.05) is 0 Å². The zero-order valence-electron chi connectivity index (χ0n) is 16.8. The summed E-state index contributed by atoms with van der Waals surface area (Å²) in [6, 6.07) is 0. The van der Waals surface area contributed by atoms with Crippen molar-refractivity contribution in [2.24, 2.45) is 10.9 Å². The Kier molecular flexibility index (Phi) is 13.9. The molecular weight excluding hydrogens is 431 g/mol. The van der Waals surface area contributed by atoms with E-state index in [4.69, 9.17) is 14.5 Å². The second-order valence-corrected chi connectivity index (χ2v) is 7.18. The van der Waals surface area contributed by atoms with Crippen LogP contribution in [0.5, 0.6) is 0 Å². The molecule has 1 rings (SSSR count). The predicted molar refractivity (Wildman–Crippen MR) is 116 cm³/mol. The van der Waals surface area contributed by atoms with E-state index in [2.05, 4.69) is 50.4 Å². The molecule has 0 aliphatic carbocycles. The van der Waals surface area contributed by atoms with Crippen molar-refractivity contribution in [1.82, 2.24) is 15.5 Å².